The highest BCUT2D eigenvalue weighted by Gasteiger charge is 2.12. The average molecular weight is 232 g/mol. The van der Waals surface area contributed by atoms with Crippen molar-refractivity contribution in [2.24, 2.45) is 0 Å². The topological polar surface area (TPSA) is 29.1 Å². The van der Waals surface area contributed by atoms with E-state index in [-0.39, 0.29) is 5.56 Å². The Balaban J connectivity index is 3.21. The Morgan fingerprint density at radius 3 is 2.75 bits per heavy atom. The zero-order valence-corrected chi connectivity index (χ0v) is 7.98. The largest absolute Gasteiger partial charge is 0.355 e. The molecule has 0 aliphatic rings. The monoisotopic (exact) mass is 231 g/mol. The number of nitrogens with one attached hydrogen (secondary N) is 1. The van der Waals surface area contributed by atoms with Crippen molar-refractivity contribution in [3.8, 4) is 0 Å². The number of halogens is 2. The molecule has 0 atom stereocenters. The van der Waals surface area contributed by atoms with Crippen LogP contribution in [0.25, 0.3) is 0 Å². The number of hydrogen-bond acceptors (Lipinski definition) is 1. The zero-order valence-electron chi connectivity index (χ0n) is 6.40. The SMILES string of the molecule is CNC(=O)c1c(F)cccc1Br. The van der Waals surface area contributed by atoms with Crippen LogP contribution in [0.15, 0.2) is 22.7 Å². The molecule has 0 heterocycles. The van der Waals surface area contributed by atoms with Gasteiger partial charge in [0.1, 0.15) is 5.82 Å². The molecule has 0 unspecified atom stereocenters. The number of carbonyl (C=O) groups excluding carboxylic acids is 1. The lowest BCUT2D eigenvalue weighted by Gasteiger charge is -2.02. The van der Waals surface area contributed by atoms with Crippen molar-refractivity contribution in [1.29, 1.82) is 0 Å². The van der Waals surface area contributed by atoms with Crippen molar-refractivity contribution in [1.82, 2.24) is 5.32 Å². The smallest absolute Gasteiger partial charge is 0.255 e. The molecule has 1 amide bonds. The van der Waals surface area contributed by atoms with Crippen LogP contribution >= 0.6 is 15.9 Å². The summed E-state index contributed by atoms with van der Waals surface area (Å²) in [6.45, 7) is 0. The van der Waals surface area contributed by atoms with Crippen LogP contribution in [0.3, 0.4) is 0 Å². The van der Waals surface area contributed by atoms with Crippen molar-refractivity contribution in [3.05, 3.63) is 34.1 Å². The summed E-state index contributed by atoms with van der Waals surface area (Å²) < 4.78 is 13.5. The van der Waals surface area contributed by atoms with Gasteiger partial charge in [-0.05, 0) is 28.1 Å². The van der Waals surface area contributed by atoms with Crippen LogP contribution in [0.2, 0.25) is 0 Å². The highest BCUT2D eigenvalue weighted by molar-refractivity contribution is 9.10. The van der Waals surface area contributed by atoms with Crippen molar-refractivity contribution in [2.75, 3.05) is 7.05 Å². The summed E-state index contributed by atoms with van der Waals surface area (Å²) in [6.07, 6.45) is 0. The Hall–Kier alpha value is -0.900. The van der Waals surface area contributed by atoms with Crippen molar-refractivity contribution >= 4 is 21.8 Å². The second kappa shape index (κ2) is 3.67. The molecule has 0 aromatic heterocycles. The van der Waals surface area contributed by atoms with Gasteiger partial charge < -0.3 is 5.32 Å². The molecule has 0 bridgehead atoms. The van der Waals surface area contributed by atoms with E-state index < -0.39 is 11.7 Å². The fourth-order valence-corrected chi connectivity index (χ4v) is 1.36. The van der Waals surface area contributed by atoms with Gasteiger partial charge in [-0.1, -0.05) is 6.07 Å². The summed E-state index contributed by atoms with van der Waals surface area (Å²) in [5.41, 5.74) is 0.0417. The van der Waals surface area contributed by atoms with E-state index in [9.17, 15) is 9.18 Å². The minimum atomic E-state index is -0.524. The molecule has 0 fully saturated rings. The summed E-state index contributed by atoms with van der Waals surface area (Å²) in [5.74, 6) is -0.955. The summed E-state index contributed by atoms with van der Waals surface area (Å²) >= 11 is 3.09. The molecule has 1 N–H and O–H groups in total. The molecule has 64 valence electrons. The fraction of sp³-hybridized carbons (Fsp3) is 0.125. The van der Waals surface area contributed by atoms with Crippen LogP contribution < -0.4 is 5.32 Å². The third-order valence-electron chi connectivity index (χ3n) is 1.42. The summed E-state index contributed by atoms with van der Waals surface area (Å²) in [6, 6.07) is 4.40. The zero-order chi connectivity index (χ0) is 9.14. The normalized spacial score (nSPS) is 9.58. The molecule has 0 aliphatic carbocycles. The average Bonchev–Trinajstić information content (AvgIpc) is 2.03. The molecule has 12 heavy (non-hydrogen) atoms. The van der Waals surface area contributed by atoms with E-state index in [2.05, 4.69) is 21.2 Å². The number of amides is 1. The number of rotatable bonds is 1. The first-order valence-corrected chi connectivity index (χ1v) is 4.12. The lowest BCUT2D eigenvalue weighted by molar-refractivity contribution is 0.0958. The summed E-state index contributed by atoms with van der Waals surface area (Å²) in [5, 5.41) is 2.35. The Kier molecular flexibility index (Phi) is 2.81. The Morgan fingerprint density at radius 2 is 2.25 bits per heavy atom. The highest BCUT2D eigenvalue weighted by atomic mass is 79.9. The molecule has 4 heteroatoms. The minimum Gasteiger partial charge on any atom is -0.355 e. The van der Waals surface area contributed by atoms with Gasteiger partial charge in [0.25, 0.3) is 5.91 Å². The van der Waals surface area contributed by atoms with Gasteiger partial charge in [-0.15, -0.1) is 0 Å². The molecule has 1 aromatic rings. The predicted molar refractivity (Wildman–Crippen MR) is 47.5 cm³/mol. The van der Waals surface area contributed by atoms with Crippen molar-refractivity contribution in [2.45, 2.75) is 0 Å². The number of benzene rings is 1. The van der Waals surface area contributed by atoms with Crippen molar-refractivity contribution < 1.29 is 9.18 Å². The molecular weight excluding hydrogens is 225 g/mol. The quantitative estimate of drug-likeness (QED) is 0.787. The van der Waals surface area contributed by atoms with E-state index in [4.69, 9.17) is 0 Å². The van der Waals surface area contributed by atoms with E-state index in [1.807, 2.05) is 0 Å². The van der Waals surface area contributed by atoms with Gasteiger partial charge in [0.05, 0.1) is 5.56 Å². The first-order chi connectivity index (χ1) is 5.66. The van der Waals surface area contributed by atoms with E-state index in [0.29, 0.717) is 4.47 Å². The molecule has 0 radical (unpaired) electrons. The third-order valence-corrected chi connectivity index (χ3v) is 2.08. The maximum Gasteiger partial charge on any atom is 0.255 e. The Morgan fingerprint density at radius 1 is 1.58 bits per heavy atom. The second-order valence-electron chi connectivity index (χ2n) is 2.18. The van der Waals surface area contributed by atoms with Crippen LogP contribution in [-0.2, 0) is 0 Å². The van der Waals surface area contributed by atoms with E-state index in [1.54, 1.807) is 6.07 Å². The summed E-state index contributed by atoms with van der Waals surface area (Å²) in [7, 11) is 1.46. The molecule has 1 aromatic carbocycles. The molecule has 0 saturated carbocycles. The van der Waals surface area contributed by atoms with E-state index in [1.165, 1.54) is 19.2 Å². The van der Waals surface area contributed by atoms with Crippen LogP contribution in [0.5, 0.6) is 0 Å². The first-order valence-electron chi connectivity index (χ1n) is 3.33. The lowest BCUT2D eigenvalue weighted by atomic mass is 10.2. The van der Waals surface area contributed by atoms with Crippen LogP contribution in [-0.4, -0.2) is 13.0 Å². The van der Waals surface area contributed by atoms with Crippen molar-refractivity contribution in [3.63, 3.8) is 0 Å². The molecular formula is C8H7BrFNO. The van der Waals surface area contributed by atoms with Gasteiger partial charge in [-0.3, -0.25) is 4.79 Å². The van der Waals surface area contributed by atoms with E-state index >= 15 is 0 Å². The Bertz CT molecular complexity index is 294. The Labute approximate surface area is 77.9 Å². The van der Waals surface area contributed by atoms with Gasteiger partial charge in [0, 0.05) is 11.5 Å². The van der Waals surface area contributed by atoms with Gasteiger partial charge in [0.15, 0.2) is 0 Å². The maximum absolute atomic E-state index is 13.0. The van der Waals surface area contributed by atoms with Crippen LogP contribution in [0.4, 0.5) is 4.39 Å². The van der Waals surface area contributed by atoms with Gasteiger partial charge in [0.2, 0.25) is 0 Å². The third kappa shape index (κ3) is 1.64. The second-order valence-corrected chi connectivity index (χ2v) is 3.03. The molecule has 0 spiro atoms. The lowest BCUT2D eigenvalue weighted by Crippen LogP contribution is -2.19. The van der Waals surface area contributed by atoms with Gasteiger partial charge >= 0.3 is 0 Å². The predicted octanol–water partition coefficient (Wildman–Crippen LogP) is 1.95. The van der Waals surface area contributed by atoms with Crippen LogP contribution in [0.1, 0.15) is 10.4 Å². The van der Waals surface area contributed by atoms with E-state index in [0.717, 1.165) is 0 Å². The molecule has 0 saturated heterocycles. The standard InChI is InChI=1S/C8H7BrFNO/c1-11-8(12)7-5(9)3-2-4-6(7)10/h2-4H,1H3,(H,11,12). The molecule has 2 nitrogen and oxygen atoms in total. The minimum absolute atomic E-state index is 0.0417. The molecule has 0 aliphatic heterocycles. The first kappa shape index (κ1) is 9.19. The molecule has 1 rings (SSSR count). The van der Waals surface area contributed by atoms with Crippen LogP contribution in [0, 0.1) is 5.82 Å². The number of hydrogen-bond donors (Lipinski definition) is 1. The maximum atomic E-state index is 13.0. The summed E-state index contributed by atoms with van der Waals surface area (Å²) in [4.78, 5) is 11.1. The van der Waals surface area contributed by atoms with Gasteiger partial charge in [-0.2, -0.15) is 0 Å². The van der Waals surface area contributed by atoms with Gasteiger partial charge in [-0.25, -0.2) is 4.39 Å². The number of carbonyl (C=O) groups is 1. The fourth-order valence-electron chi connectivity index (χ4n) is 0.840. The highest BCUT2D eigenvalue weighted by Crippen LogP contribution is 2.18.